The Morgan fingerprint density at radius 3 is 2.39 bits per heavy atom. The number of carbonyl (C=O) groups excluding carboxylic acids is 1. The lowest BCUT2D eigenvalue weighted by Crippen LogP contribution is -3.00. The summed E-state index contributed by atoms with van der Waals surface area (Å²) in [7, 11) is 2.27. The molecule has 0 amide bonds. The van der Waals surface area contributed by atoms with Gasteiger partial charge < -0.3 is 16.9 Å². The summed E-state index contributed by atoms with van der Waals surface area (Å²) >= 11 is 1.47. The zero-order valence-electron chi connectivity index (χ0n) is 10.8. The molecule has 1 aliphatic rings. The molecule has 0 saturated carbocycles. The summed E-state index contributed by atoms with van der Waals surface area (Å²) in [5.74, 6) is 0.910. The molecule has 0 N–H and O–H groups in total. The van der Waals surface area contributed by atoms with Crippen molar-refractivity contribution in [3.05, 3.63) is 35.9 Å². The zero-order chi connectivity index (χ0) is 12.1. The van der Waals surface area contributed by atoms with Gasteiger partial charge in [-0.15, -0.1) is 0 Å². The zero-order valence-corrected chi connectivity index (χ0v) is 12.3. The third-order valence-corrected chi connectivity index (χ3v) is 4.66. The molecular formula is C14H20ClNOS. The molecule has 0 aromatic heterocycles. The summed E-state index contributed by atoms with van der Waals surface area (Å²) in [6.07, 6.45) is 3.96. The van der Waals surface area contributed by atoms with Crippen molar-refractivity contribution < 1.29 is 21.7 Å². The lowest BCUT2D eigenvalue weighted by molar-refractivity contribution is -0.901. The fraction of sp³-hybridized carbons (Fsp3) is 0.500. The van der Waals surface area contributed by atoms with Gasteiger partial charge in [0.2, 0.25) is 5.12 Å². The fourth-order valence-corrected chi connectivity index (χ4v) is 3.27. The van der Waals surface area contributed by atoms with Crippen LogP contribution in [0.25, 0.3) is 0 Å². The summed E-state index contributed by atoms with van der Waals surface area (Å²) in [5, 5.41) is 0.204. The van der Waals surface area contributed by atoms with Gasteiger partial charge in [-0.25, -0.2) is 0 Å². The van der Waals surface area contributed by atoms with Crippen molar-refractivity contribution in [3.63, 3.8) is 0 Å². The number of carbonyl (C=O) groups is 1. The van der Waals surface area contributed by atoms with Crippen molar-refractivity contribution in [2.24, 2.45) is 0 Å². The minimum atomic E-state index is 0. The average Bonchev–Trinajstić information content (AvgIpc) is 2.38. The smallest absolute Gasteiger partial charge is 0.224 e. The number of piperidine rings is 1. The van der Waals surface area contributed by atoms with Gasteiger partial charge in [-0.2, -0.15) is 0 Å². The molecule has 0 aliphatic carbocycles. The molecule has 100 valence electrons. The van der Waals surface area contributed by atoms with Gasteiger partial charge in [0, 0.05) is 5.56 Å². The fourth-order valence-electron chi connectivity index (χ4n) is 2.28. The number of likely N-dealkylation sites (tertiary alicyclic amines) is 1. The van der Waals surface area contributed by atoms with Gasteiger partial charge >= 0.3 is 0 Å². The van der Waals surface area contributed by atoms with Crippen LogP contribution >= 0.6 is 11.8 Å². The van der Waals surface area contributed by atoms with E-state index in [4.69, 9.17) is 0 Å². The third-order valence-electron chi connectivity index (χ3n) is 3.41. The minimum absolute atomic E-state index is 0. The van der Waals surface area contributed by atoms with Crippen LogP contribution in [-0.4, -0.2) is 35.6 Å². The van der Waals surface area contributed by atoms with Crippen molar-refractivity contribution in [2.75, 3.05) is 26.0 Å². The Morgan fingerprint density at radius 2 is 1.78 bits per heavy atom. The summed E-state index contributed by atoms with van der Waals surface area (Å²) < 4.78 is 1.04. The first-order valence-electron chi connectivity index (χ1n) is 6.25. The highest BCUT2D eigenvalue weighted by Gasteiger charge is 2.25. The van der Waals surface area contributed by atoms with E-state index in [0.717, 1.165) is 15.9 Å². The molecule has 0 radical (unpaired) electrons. The molecule has 1 fully saturated rings. The third kappa shape index (κ3) is 4.30. The van der Waals surface area contributed by atoms with Gasteiger partial charge in [0.15, 0.2) is 0 Å². The van der Waals surface area contributed by atoms with Crippen LogP contribution in [0.15, 0.2) is 30.3 Å². The molecule has 1 aromatic carbocycles. The highest BCUT2D eigenvalue weighted by molar-refractivity contribution is 8.14. The van der Waals surface area contributed by atoms with E-state index in [2.05, 4.69) is 7.05 Å². The molecule has 1 saturated heterocycles. The number of halogens is 1. The first-order valence-corrected chi connectivity index (χ1v) is 7.24. The maximum Gasteiger partial charge on any atom is 0.224 e. The van der Waals surface area contributed by atoms with Gasteiger partial charge in [0.25, 0.3) is 0 Å². The van der Waals surface area contributed by atoms with E-state index in [1.54, 1.807) is 0 Å². The van der Waals surface area contributed by atoms with Crippen LogP contribution in [0.5, 0.6) is 0 Å². The number of hydrogen-bond donors (Lipinski definition) is 0. The lowest BCUT2D eigenvalue weighted by atomic mass is 10.1. The summed E-state index contributed by atoms with van der Waals surface area (Å²) in [6, 6.07) is 9.58. The van der Waals surface area contributed by atoms with Gasteiger partial charge in [-0.3, -0.25) is 4.79 Å². The first kappa shape index (κ1) is 15.5. The Morgan fingerprint density at radius 1 is 1.17 bits per heavy atom. The number of benzene rings is 1. The molecule has 0 spiro atoms. The Balaban J connectivity index is 0.00000162. The van der Waals surface area contributed by atoms with Crippen LogP contribution in [0.2, 0.25) is 0 Å². The molecule has 2 rings (SSSR count). The van der Waals surface area contributed by atoms with Crippen molar-refractivity contribution in [1.82, 2.24) is 0 Å². The van der Waals surface area contributed by atoms with E-state index in [0.29, 0.717) is 0 Å². The molecule has 0 atom stereocenters. The molecule has 4 heteroatoms. The van der Waals surface area contributed by atoms with Crippen molar-refractivity contribution in [1.29, 1.82) is 0 Å². The first-order chi connectivity index (χ1) is 8.20. The van der Waals surface area contributed by atoms with Crippen LogP contribution in [0, 0.1) is 0 Å². The predicted octanol–water partition coefficient (Wildman–Crippen LogP) is 0.152. The maximum atomic E-state index is 12.0. The molecule has 2 nitrogen and oxygen atoms in total. The van der Waals surface area contributed by atoms with Crippen molar-refractivity contribution in [3.8, 4) is 0 Å². The average molecular weight is 286 g/mol. The Hall–Kier alpha value is -0.510. The van der Waals surface area contributed by atoms with E-state index in [1.165, 1.54) is 44.1 Å². The Kier molecular flexibility index (Phi) is 6.19. The SMILES string of the molecule is C[N+]1(CSC(=O)c2ccccc2)CCCCC1.[Cl-]. The second-order valence-corrected chi connectivity index (χ2v) is 5.97. The van der Waals surface area contributed by atoms with Crippen LogP contribution in [-0.2, 0) is 0 Å². The normalized spacial score (nSPS) is 17.8. The van der Waals surface area contributed by atoms with Crippen LogP contribution < -0.4 is 12.4 Å². The molecule has 1 aliphatic heterocycles. The largest absolute Gasteiger partial charge is 1.00 e. The molecule has 0 bridgehead atoms. The number of rotatable bonds is 3. The van der Waals surface area contributed by atoms with E-state index in [9.17, 15) is 4.79 Å². The molecular weight excluding hydrogens is 266 g/mol. The molecule has 1 aromatic rings. The second kappa shape index (κ2) is 7.17. The highest BCUT2D eigenvalue weighted by Crippen LogP contribution is 2.22. The van der Waals surface area contributed by atoms with Crippen LogP contribution in [0.4, 0.5) is 0 Å². The van der Waals surface area contributed by atoms with Crippen LogP contribution in [0.3, 0.4) is 0 Å². The van der Waals surface area contributed by atoms with Gasteiger partial charge in [0.05, 0.1) is 20.1 Å². The standard InChI is InChI=1S/C14H20NOS.ClH/c1-15(10-6-3-7-11-15)12-17-14(16)13-8-4-2-5-9-13;/h2,4-5,8-9H,3,6-7,10-12H2,1H3;1H/q+1;/p-1. The monoisotopic (exact) mass is 285 g/mol. The van der Waals surface area contributed by atoms with Gasteiger partial charge in [-0.1, -0.05) is 30.3 Å². The second-order valence-electron chi connectivity index (χ2n) is 5.05. The van der Waals surface area contributed by atoms with Gasteiger partial charge in [0.1, 0.15) is 5.88 Å². The van der Waals surface area contributed by atoms with Crippen molar-refractivity contribution >= 4 is 16.9 Å². The maximum absolute atomic E-state index is 12.0. The van der Waals surface area contributed by atoms with E-state index < -0.39 is 0 Å². The summed E-state index contributed by atoms with van der Waals surface area (Å²) in [4.78, 5) is 12.0. The number of nitrogens with zero attached hydrogens (tertiary/aromatic N) is 1. The topological polar surface area (TPSA) is 17.1 Å². The van der Waals surface area contributed by atoms with E-state index >= 15 is 0 Å². The van der Waals surface area contributed by atoms with Gasteiger partial charge in [-0.05, 0) is 31.0 Å². The predicted molar refractivity (Wildman–Crippen MR) is 73.0 cm³/mol. The van der Waals surface area contributed by atoms with E-state index in [1.807, 2.05) is 30.3 Å². The quantitative estimate of drug-likeness (QED) is 0.736. The molecule has 1 heterocycles. The highest BCUT2D eigenvalue weighted by atomic mass is 35.5. The number of thioether (sulfide) groups is 1. The summed E-state index contributed by atoms with van der Waals surface area (Å²) in [5.41, 5.74) is 0.820. The minimum Gasteiger partial charge on any atom is -1.00 e. The Bertz CT molecular complexity index is 377. The molecule has 0 unspecified atom stereocenters. The van der Waals surface area contributed by atoms with E-state index in [-0.39, 0.29) is 17.5 Å². The van der Waals surface area contributed by atoms with Crippen LogP contribution in [0.1, 0.15) is 29.6 Å². The number of quaternary nitrogens is 1. The Labute approximate surface area is 120 Å². The molecule has 18 heavy (non-hydrogen) atoms. The lowest BCUT2D eigenvalue weighted by Gasteiger charge is -2.37. The number of hydrogen-bond acceptors (Lipinski definition) is 2. The summed E-state index contributed by atoms with van der Waals surface area (Å²) in [6.45, 7) is 2.43. The van der Waals surface area contributed by atoms with Crippen molar-refractivity contribution in [2.45, 2.75) is 19.3 Å².